The number of nitrogens with two attached hydrogens (primary N) is 1. The number of aryl methyl sites for hydroxylation is 1. The lowest BCUT2D eigenvalue weighted by Gasteiger charge is -2.29. The molecule has 1 aliphatic rings. The molecule has 0 bridgehead atoms. The lowest BCUT2D eigenvalue weighted by molar-refractivity contribution is -0.121. The van der Waals surface area contributed by atoms with Gasteiger partial charge in [-0.15, -0.1) is 0 Å². The number of anilines is 2. The van der Waals surface area contributed by atoms with Crippen LogP contribution in [-0.2, 0) is 4.79 Å². The van der Waals surface area contributed by atoms with Crippen molar-refractivity contribution in [2.24, 2.45) is 0 Å². The van der Waals surface area contributed by atoms with E-state index in [0.29, 0.717) is 24.6 Å². The summed E-state index contributed by atoms with van der Waals surface area (Å²) in [5.41, 5.74) is 8.33. The Hall–Kier alpha value is -2.69. The van der Waals surface area contributed by atoms with E-state index in [9.17, 15) is 4.79 Å². The number of nitrogens with zero attached hydrogens (tertiary/aromatic N) is 1. The summed E-state index contributed by atoms with van der Waals surface area (Å²) < 4.78 is 11.2. The SMILES string of the molecule is Cc1cccc(OCCCN2C(=O)COc3ccc(N)cc32)c1. The zero-order valence-corrected chi connectivity index (χ0v) is 13.1. The third-order valence-corrected chi connectivity index (χ3v) is 3.71. The minimum absolute atomic E-state index is 0.0568. The van der Waals surface area contributed by atoms with E-state index >= 15 is 0 Å². The van der Waals surface area contributed by atoms with Crippen molar-refractivity contribution in [3.8, 4) is 11.5 Å². The molecule has 0 spiro atoms. The van der Waals surface area contributed by atoms with Crippen LogP contribution in [0.4, 0.5) is 11.4 Å². The Labute approximate surface area is 135 Å². The van der Waals surface area contributed by atoms with E-state index in [1.165, 1.54) is 0 Å². The Bertz CT molecular complexity index is 715. The fraction of sp³-hybridized carbons (Fsp3) is 0.278. The first-order valence-corrected chi connectivity index (χ1v) is 7.65. The molecular formula is C18H20N2O3. The van der Waals surface area contributed by atoms with Crippen LogP contribution in [0.1, 0.15) is 12.0 Å². The third-order valence-electron chi connectivity index (χ3n) is 3.71. The Morgan fingerprint density at radius 3 is 2.96 bits per heavy atom. The molecule has 0 atom stereocenters. The van der Waals surface area contributed by atoms with Crippen LogP contribution in [0.5, 0.6) is 11.5 Å². The van der Waals surface area contributed by atoms with Crippen molar-refractivity contribution < 1.29 is 14.3 Å². The molecule has 2 aromatic rings. The molecule has 0 saturated heterocycles. The second-order valence-electron chi connectivity index (χ2n) is 5.58. The Morgan fingerprint density at radius 1 is 1.26 bits per heavy atom. The lowest BCUT2D eigenvalue weighted by Crippen LogP contribution is -2.39. The van der Waals surface area contributed by atoms with Crippen LogP contribution in [0.2, 0.25) is 0 Å². The van der Waals surface area contributed by atoms with Gasteiger partial charge in [0.15, 0.2) is 6.61 Å². The molecule has 0 aromatic heterocycles. The highest BCUT2D eigenvalue weighted by Crippen LogP contribution is 2.33. The molecule has 120 valence electrons. The minimum Gasteiger partial charge on any atom is -0.494 e. The zero-order valence-electron chi connectivity index (χ0n) is 13.1. The average molecular weight is 312 g/mol. The van der Waals surface area contributed by atoms with E-state index in [1.807, 2.05) is 31.2 Å². The molecule has 0 radical (unpaired) electrons. The Kier molecular flexibility index (Phi) is 4.37. The largest absolute Gasteiger partial charge is 0.494 e. The summed E-state index contributed by atoms with van der Waals surface area (Å²) >= 11 is 0. The highest BCUT2D eigenvalue weighted by Gasteiger charge is 2.25. The molecule has 0 fully saturated rings. The monoisotopic (exact) mass is 312 g/mol. The number of fused-ring (bicyclic) bond motifs is 1. The first-order valence-electron chi connectivity index (χ1n) is 7.65. The fourth-order valence-corrected chi connectivity index (χ4v) is 2.58. The second kappa shape index (κ2) is 6.60. The zero-order chi connectivity index (χ0) is 16.2. The summed E-state index contributed by atoms with van der Waals surface area (Å²) in [5.74, 6) is 1.49. The topological polar surface area (TPSA) is 64.8 Å². The lowest BCUT2D eigenvalue weighted by atomic mass is 10.2. The molecule has 3 rings (SSSR count). The maximum absolute atomic E-state index is 12.1. The van der Waals surface area contributed by atoms with E-state index < -0.39 is 0 Å². The second-order valence-corrected chi connectivity index (χ2v) is 5.58. The molecular weight excluding hydrogens is 292 g/mol. The Morgan fingerprint density at radius 2 is 2.13 bits per heavy atom. The number of nitrogen functional groups attached to an aromatic ring is 1. The standard InChI is InChI=1S/C18H20N2O3/c1-13-4-2-5-15(10-13)22-9-3-8-20-16-11-14(19)6-7-17(16)23-12-18(20)21/h2,4-7,10-11H,3,8-9,12,19H2,1H3. The van der Waals surface area contributed by atoms with Gasteiger partial charge in [0.25, 0.3) is 5.91 Å². The molecule has 0 unspecified atom stereocenters. The molecule has 0 saturated carbocycles. The van der Waals surface area contributed by atoms with Gasteiger partial charge in [0, 0.05) is 12.2 Å². The van der Waals surface area contributed by atoms with Crippen molar-refractivity contribution in [3.63, 3.8) is 0 Å². The molecule has 5 heteroatoms. The summed E-state index contributed by atoms with van der Waals surface area (Å²) in [6.07, 6.45) is 0.730. The van der Waals surface area contributed by atoms with E-state index in [0.717, 1.165) is 23.4 Å². The van der Waals surface area contributed by atoms with Crippen LogP contribution < -0.4 is 20.1 Å². The van der Waals surface area contributed by atoms with Gasteiger partial charge in [-0.1, -0.05) is 12.1 Å². The van der Waals surface area contributed by atoms with Gasteiger partial charge < -0.3 is 20.1 Å². The minimum atomic E-state index is -0.0568. The van der Waals surface area contributed by atoms with Crippen LogP contribution in [0.25, 0.3) is 0 Å². The van der Waals surface area contributed by atoms with E-state index in [2.05, 4.69) is 0 Å². The molecule has 1 aliphatic heterocycles. The number of carbonyl (C=O) groups is 1. The van der Waals surface area contributed by atoms with Gasteiger partial charge in [0.2, 0.25) is 0 Å². The number of ether oxygens (including phenoxy) is 2. The summed E-state index contributed by atoms with van der Waals surface area (Å²) in [5, 5.41) is 0. The number of amides is 1. The average Bonchev–Trinajstić information content (AvgIpc) is 2.53. The van der Waals surface area contributed by atoms with Crippen LogP contribution in [-0.4, -0.2) is 25.7 Å². The number of hydrogen-bond donors (Lipinski definition) is 1. The molecule has 1 heterocycles. The van der Waals surface area contributed by atoms with E-state index in [4.69, 9.17) is 15.2 Å². The molecule has 0 aliphatic carbocycles. The van der Waals surface area contributed by atoms with Gasteiger partial charge in [-0.05, 0) is 49.2 Å². The summed E-state index contributed by atoms with van der Waals surface area (Å²) in [6, 6.07) is 13.3. The van der Waals surface area contributed by atoms with E-state index in [1.54, 1.807) is 23.1 Å². The van der Waals surface area contributed by atoms with Crippen molar-refractivity contribution in [2.45, 2.75) is 13.3 Å². The fourth-order valence-electron chi connectivity index (χ4n) is 2.58. The van der Waals surface area contributed by atoms with Crippen LogP contribution >= 0.6 is 0 Å². The highest BCUT2D eigenvalue weighted by molar-refractivity contribution is 5.98. The van der Waals surface area contributed by atoms with Crippen molar-refractivity contribution in [1.82, 2.24) is 0 Å². The van der Waals surface area contributed by atoms with Crippen molar-refractivity contribution in [2.75, 3.05) is 30.4 Å². The maximum Gasteiger partial charge on any atom is 0.265 e. The quantitative estimate of drug-likeness (QED) is 0.681. The van der Waals surface area contributed by atoms with Gasteiger partial charge in [-0.25, -0.2) is 0 Å². The van der Waals surface area contributed by atoms with Gasteiger partial charge in [-0.3, -0.25) is 4.79 Å². The molecule has 2 N–H and O–H groups in total. The smallest absolute Gasteiger partial charge is 0.265 e. The van der Waals surface area contributed by atoms with Crippen LogP contribution in [0.15, 0.2) is 42.5 Å². The third kappa shape index (κ3) is 3.56. The number of hydrogen-bond acceptors (Lipinski definition) is 4. The first kappa shape index (κ1) is 15.2. The first-order chi connectivity index (χ1) is 11.1. The van der Waals surface area contributed by atoms with Gasteiger partial charge in [0.05, 0.1) is 12.3 Å². The van der Waals surface area contributed by atoms with Crippen molar-refractivity contribution in [3.05, 3.63) is 48.0 Å². The molecule has 23 heavy (non-hydrogen) atoms. The molecule has 1 amide bonds. The number of carbonyl (C=O) groups excluding carboxylic acids is 1. The van der Waals surface area contributed by atoms with Crippen LogP contribution in [0.3, 0.4) is 0 Å². The van der Waals surface area contributed by atoms with Crippen molar-refractivity contribution in [1.29, 1.82) is 0 Å². The van der Waals surface area contributed by atoms with Crippen molar-refractivity contribution >= 4 is 17.3 Å². The number of rotatable bonds is 5. The molecule has 2 aromatic carbocycles. The normalized spacial score (nSPS) is 13.4. The number of benzene rings is 2. The van der Waals surface area contributed by atoms with Gasteiger partial charge in [0.1, 0.15) is 11.5 Å². The van der Waals surface area contributed by atoms with E-state index in [-0.39, 0.29) is 12.5 Å². The van der Waals surface area contributed by atoms with Gasteiger partial charge in [-0.2, -0.15) is 0 Å². The summed E-state index contributed by atoms with van der Waals surface area (Å²) in [7, 11) is 0. The molecule has 5 nitrogen and oxygen atoms in total. The summed E-state index contributed by atoms with van der Waals surface area (Å²) in [6.45, 7) is 3.21. The van der Waals surface area contributed by atoms with Crippen LogP contribution in [0, 0.1) is 6.92 Å². The predicted molar refractivity (Wildman–Crippen MR) is 90.0 cm³/mol. The summed E-state index contributed by atoms with van der Waals surface area (Å²) in [4.78, 5) is 13.8. The predicted octanol–water partition coefficient (Wildman–Crippen LogP) is 2.77. The maximum atomic E-state index is 12.1. The van der Waals surface area contributed by atoms with Gasteiger partial charge >= 0.3 is 0 Å². The Balaban J connectivity index is 1.60. The highest BCUT2D eigenvalue weighted by atomic mass is 16.5.